The summed E-state index contributed by atoms with van der Waals surface area (Å²) in [6.45, 7) is 1.76. The van der Waals surface area contributed by atoms with E-state index < -0.39 is 4.92 Å². The Balaban J connectivity index is 1.86. The van der Waals surface area contributed by atoms with Gasteiger partial charge in [0.2, 0.25) is 0 Å². The highest BCUT2D eigenvalue weighted by Gasteiger charge is 2.09. The van der Waals surface area contributed by atoms with Gasteiger partial charge in [-0.1, -0.05) is 6.08 Å². The molecule has 0 aliphatic heterocycles. The fourth-order valence-electron chi connectivity index (χ4n) is 2.31. The average molecular weight is 319 g/mol. The monoisotopic (exact) mass is 319 g/mol. The van der Waals surface area contributed by atoms with Crippen molar-refractivity contribution in [1.82, 2.24) is 9.97 Å². The Kier molecular flexibility index (Phi) is 4.11. The summed E-state index contributed by atoms with van der Waals surface area (Å²) in [7, 11) is 0. The normalized spacial score (nSPS) is 11.0. The average Bonchev–Trinajstić information content (AvgIpc) is 2.59. The van der Waals surface area contributed by atoms with E-state index in [9.17, 15) is 14.9 Å². The number of rotatable bonds is 4. The minimum atomic E-state index is -0.462. The van der Waals surface area contributed by atoms with Crippen molar-refractivity contribution in [3.8, 4) is 0 Å². The molecule has 0 radical (unpaired) electrons. The highest BCUT2D eigenvalue weighted by atomic mass is 16.6. The molecule has 2 heterocycles. The molecular weight excluding hydrogens is 306 g/mol. The SMILES string of the molecule is Cc1nc2ncccc2cc1C(=O)/C=C/c1ccc([N+](=O)[O-])cc1. The summed E-state index contributed by atoms with van der Waals surface area (Å²) in [6, 6.07) is 11.4. The number of nitro benzene ring substituents is 1. The molecule has 118 valence electrons. The van der Waals surface area contributed by atoms with E-state index in [0.29, 0.717) is 22.5 Å². The molecule has 0 unspecified atom stereocenters. The van der Waals surface area contributed by atoms with E-state index in [2.05, 4.69) is 9.97 Å². The Bertz CT molecular complexity index is 963. The van der Waals surface area contributed by atoms with Gasteiger partial charge in [0.1, 0.15) is 0 Å². The van der Waals surface area contributed by atoms with Crippen LogP contribution < -0.4 is 0 Å². The van der Waals surface area contributed by atoms with Crippen LogP contribution in [-0.2, 0) is 0 Å². The van der Waals surface area contributed by atoms with Gasteiger partial charge < -0.3 is 0 Å². The second kappa shape index (κ2) is 6.37. The Morgan fingerprint density at radius 3 is 2.67 bits per heavy atom. The lowest BCUT2D eigenvalue weighted by Crippen LogP contribution is -2.01. The molecule has 0 spiro atoms. The minimum absolute atomic E-state index is 0.0144. The maximum absolute atomic E-state index is 12.4. The second-order valence-electron chi connectivity index (χ2n) is 5.22. The number of nitro groups is 1. The third-order valence-electron chi connectivity index (χ3n) is 3.58. The molecule has 0 N–H and O–H groups in total. The van der Waals surface area contributed by atoms with E-state index in [-0.39, 0.29) is 11.5 Å². The molecule has 0 aliphatic carbocycles. The molecular formula is C18H13N3O3. The van der Waals surface area contributed by atoms with Crippen molar-refractivity contribution in [2.75, 3.05) is 0 Å². The Hall–Kier alpha value is -3.41. The number of pyridine rings is 2. The molecule has 0 fully saturated rings. The van der Waals surface area contributed by atoms with Gasteiger partial charge >= 0.3 is 0 Å². The molecule has 0 bridgehead atoms. The summed E-state index contributed by atoms with van der Waals surface area (Å²) in [6.07, 6.45) is 4.72. The van der Waals surface area contributed by atoms with Crippen molar-refractivity contribution in [1.29, 1.82) is 0 Å². The smallest absolute Gasteiger partial charge is 0.269 e. The van der Waals surface area contributed by atoms with E-state index in [0.717, 1.165) is 5.39 Å². The quantitative estimate of drug-likeness (QED) is 0.316. The molecule has 2 aromatic heterocycles. The van der Waals surface area contributed by atoms with Crippen LogP contribution in [-0.4, -0.2) is 20.7 Å². The van der Waals surface area contributed by atoms with Crippen LogP contribution in [0.2, 0.25) is 0 Å². The molecule has 1 aromatic carbocycles. The van der Waals surface area contributed by atoms with Gasteiger partial charge in [-0.05, 0) is 48.9 Å². The van der Waals surface area contributed by atoms with Crippen LogP contribution in [0, 0.1) is 17.0 Å². The van der Waals surface area contributed by atoms with Gasteiger partial charge in [0.25, 0.3) is 5.69 Å². The van der Waals surface area contributed by atoms with Gasteiger partial charge in [0.15, 0.2) is 11.4 Å². The van der Waals surface area contributed by atoms with Gasteiger partial charge in [-0.15, -0.1) is 0 Å². The van der Waals surface area contributed by atoms with Gasteiger partial charge in [-0.2, -0.15) is 0 Å². The molecule has 0 aliphatic rings. The van der Waals surface area contributed by atoms with Gasteiger partial charge in [-0.3, -0.25) is 14.9 Å². The van der Waals surface area contributed by atoms with Crippen molar-refractivity contribution in [2.24, 2.45) is 0 Å². The zero-order valence-electron chi connectivity index (χ0n) is 12.8. The van der Waals surface area contributed by atoms with E-state index in [1.165, 1.54) is 18.2 Å². The predicted octanol–water partition coefficient (Wildman–Crippen LogP) is 3.74. The third-order valence-corrected chi connectivity index (χ3v) is 3.58. The van der Waals surface area contributed by atoms with Crippen molar-refractivity contribution in [2.45, 2.75) is 6.92 Å². The van der Waals surface area contributed by atoms with Crippen molar-refractivity contribution in [3.05, 3.63) is 81.7 Å². The van der Waals surface area contributed by atoms with Crippen LogP contribution in [0.15, 0.2) is 54.7 Å². The zero-order valence-corrected chi connectivity index (χ0v) is 12.8. The van der Waals surface area contributed by atoms with E-state index in [1.807, 2.05) is 6.07 Å². The number of hydrogen-bond acceptors (Lipinski definition) is 5. The lowest BCUT2D eigenvalue weighted by molar-refractivity contribution is -0.384. The summed E-state index contributed by atoms with van der Waals surface area (Å²) in [5.41, 5.74) is 2.45. The van der Waals surface area contributed by atoms with Crippen molar-refractivity contribution >= 4 is 28.6 Å². The molecule has 0 saturated heterocycles. The fourth-order valence-corrected chi connectivity index (χ4v) is 2.31. The van der Waals surface area contributed by atoms with Crippen molar-refractivity contribution < 1.29 is 9.72 Å². The molecule has 24 heavy (non-hydrogen) atoms. The molecule has 6 nitrogen and oxygen atoms in total. The number of carbonyl (C=O) groups excluding carboxylic acids is 1. The number of aryl methyl sites for hydroxylation is 1. The summed E-state index contributed by atoms with van der Waals surface area (Å²) in [4.78, 5) is 31.1. The number of fused-ring (bicyclic) bond motifs is 1. The lowest BCUT2D eigenvalue weighted by Gasteiger charge is -2.03. The second-order valence-corrected chi connectivity index (χ2v) is 5.22. The first-order chi connectivity index (χ1) is 11.5. The minimum Gasteiger partial charge on any atom is -0.289 e. The number of carbonyl (C=O) groups is 1. The van der Waals surface area contributed by atoms with Crippen LogP contribution in [0.5, 0.6) is 0 Å². The van der Waals surface area contributed by atoms with E-state index >= 15 is 0 Å². The molecule has 6 heteroatoms. The summed E-state index contributed by atoms with van der Waals surface area (Å²) < 4.78 is 0. The fraction of sp³-hybridized carbons (Fsp3) is 0.0556. The Morgan fingerprint density at radius 1 is 1.21 bits per heavy atom. The van der Waals surface area contributed by atoms with Crippen LogP contribution >= 0.6 is 0 Å². The summed E-state index contributed by atoms with van der Waals surface area (Å²) in [5.74, 6) is -0.177. The van der Waals surface area contributed by atoms with Crippen LogP contribution in [0.4, 0.5) is 5.69 Å². The molecule has 0 amide bonds. The summed E-state index contributed by atoms with van der Waals surface area (Å²) >= 11 is 0. The first kappa shape index (κ1) is 15.5. The molecule has 3 rings (SSSR count). The molecule has 3 aromatic rings. The van der Waals surface area contributed by atoms with Gasteiger partial charge in [-0.25, -0.2) is 9.97 Å². The summed E-state index contributed by atoms with van der Waals surface area (Å²) in [5, 5.41) is 11.4. The number of ketones is 1. The number of hydrogen-bond donors (Lipinski definition) is 0. The highest BCUT2D eigenvalue weighted by Crippen LogP contribution is 2.17. The maximum Gasteiger partial charge on any atom is 0.269 e. The van der Waals surface area contributed by atoms with Crippen LogP contribution in [0.1, 0.15) is 21.6 Å². The number of aromatic nitrogens is 2. The topological polar surface area (TPSA) is 86.0 Å². The van der Waals surface area contributed by atoms with E-state index in [4.69, 9.17) is 0 Å². The van der Waals surface area contributed by atoms with Crippen LogP contribution in [0.3, 0.4) is 0 Å². The maximum atomic E-state index is 12.4. The Labute approximate surface area is 137 Å². The number of non-ortho nitro benzene ring substituents is 1. The van der Waals surface area contributed by atoms with Gasteiger partial charge in [0.05, 0.1) is 10.6 Å². The number of allylic oxidation sites excluding steroid dienone is 1. The first-order valence-corrected chi connectivity index (χ1v) is 7.24. The zero-order chi connectivity index (χ0) is 17.1. The van der Waals surface area contributed by atoms with Crippen LogP contribution in [0.25, 0.3) is 17.1 Å². The molecule has 0 atom stereocenters. The largest absolute Gasteiger partial charge is 0.289 e. The van der Waals surface area contributed by atoms with Crippen molar-refractivity contribution in [3.63, 3.8) is 0 Å². The first-order valence-electron chi connectivity index (χ1n) is 7.24. The number of nitrogens with zero attached hydrogens (tertiary/aromatic N) is 3. The molecule has 0 saturated carbocycles. The third kappa shape index (κ3) is 3.17. The highest BCUT2D eigenvalue weighted by molar-refractivity contribution is 6.08. The van der Waals surface area contributed by atoms with Gasteiger partial charge in [0, 0.05) is 29.3 Å². The van der Waals surface area contributed by atoms with E-state index in [1.54, 1.807) is 43.5 Å². The lowest BCUT2D eigenvalue weighted by atomic mass is 10.1. The Morgan fingerprint density at radius 2 is 1.96 bits per heavy atom. The predicted molar refractivity (Wildman–Crippen MR) is 90.7 cm³/mol. The standard InChI is InChI=1S/C18H13N3O3/c1-12-16(11-14-3-2-10-19-18(14)20-12)17(22)9-6-13-4-7-15(8-5-13)21(23)24/h2-11H,1H3/b9-6+. The number of benzene rings is 1.